The Morgan fingerprint density at radius 2 is 2.33 bits per heavy atom. The molecule has 0 aliphatic heterocycles. The Kier molecular flexibility index (Phi) is 3.84. The van der Waals surface area contributed by atoms with E-state index in [1.54, 1.807) is 24.2 Å². The molecule has 15 heavy (non-hydrogen) atoms. The first-order chi connectivity index (χ1) is 7.15. The normalized spacial score (nSPS) is 11.3. The maximum absolute atomic E-state index is 11.6. The number of hydrogen-bond donors (Lipinski definition) is 0. The van der Waals surface area contributed by atoms with E-state index in [1.165, 1.54) is 10.9 Å². The van der Waals surface area contributed by atoms with E-state index in [4.69, 9.17) is 4.74 Å². The smallest absolute Gasteiger partial charge is 0.358 e. The van der Waals surface area contributed by atoms with Crippen LogP contribution in [0.25, 0.3) is 5.70 Å². The van der Waals surface area contributed by atoms with Crippen LogP contribution in [0.3, 0.4) is 0 Å². The molecule has 0 saturated carbocycles. The third-order valence-corrected chi connectivity index (χ3v) is 1.53. The molecule has 6 nitrogen and oxygen atoms in total. The minimum atomic E-state index is -0.420. The van der Waals surface area contributed by atoms with E-state index in [0.717, 1.165) is 0 Å². The van der Waals surface area contributed by atoms with Crippen LogP contribution < -0.4 is 0 Å². The summed E-state index contributed by atoms with van der Waals surface area (Å²) in [6.45, 7) is 2.09. The van der Waals surface area contributed by atoms with Gasteiger partial charge in [0.2, 0.25) is 0 Å². The Bertz CT molecular complexity index is 343. The fourth-order valence-electron chi connectivity index (χ4n) is 0.992. The predicted molar refractivity (Wildman–Crippen MR) is 54.6 cm³/mol. The number of ether oxygens (including phenoxy) is 1. The highest BCUT2D eigenvalue weighted by atomic mass is 16.5. The third-order valence-electron chi connectivity index (χ3n) is 1.53. The minimum Gasteiger partial charge on any atom is -0.461 e. The highest BCUT2D eigenvalue weighted by molar-refractivity contribution is 6.09. The van der Waals surface area contributed by atoms with Gasteiger partial charge >= 0.3 is 5.97 Å². The fourth-order valence-corrected chi connectivity index (χ4v) is 0.992. The molecule has 0 radical (unpaired) electrons. The van der Waals surface area contributed by atoms with Crippen LogP contribution in [-0.4, -0.2) is 46.6 Å². The monoisotopic (exact) mass is 210 g/mol. The van der Waals surface area contributed by atoms with E-state index in [2.05, 4.69) is 10.3 Å². The SMILES string of the molecule is CCOC(=O)/C(=C/N(C)C)n1ccnn1. The summed E-state index contributed by atoms with van der Waals surface area (Å²) in [5, 5.41) is 7.38. The lowest BCUT2D eigenvalue weighted by molar-refractivity contribution is -0.136. The van der Waals surface area contributed by atoms with Crippen LogP contribution in [0.1, 0.15) is 6.92 Å². The van der Waals surface area contributed by atoms with Gasteiger partial charge in [0.25, 0.3) is 0 Å². The predicted octanol–water partition coefficient (Wildman–Crippen LogP) is 0.201. The highest BCUT2D eigenvalue weighted by Gasteiger charge is 2.13. The van der Waals surface area contributed by atoms with Crippen LogP contribution in [0.4, 0.5) is 0 Å². The second-order valence-electron chi connectivity index (χ2n) is 3.05. The van der Waals surface area contributed by atoms with Gasteiger partial charge in [0.15, 0.2) is 5.70 Å². The minimum absolute atomic E-state index is 0.332. The van der Waals surface area contributed by atoms with Crippen molar-refractivity contribution in [2.75, 3.05) is 20.7 Å². The van der Waals surface area contributed by atoms with Gasteiger partial charge < -0.3 is 9.64 Å². The van der Waals surface area contributed by atoms with Crippen LogP contribution in [-0.2, 0) is 9.53 Å². The molecule has 1 rings (SSSR count). The van der Waals surface area contributed by atoms with Crippen LogP contribution in [0, 0.1) is 0 Å². The molecule has 0 aliphatic carbocycles. The summed E-state index contributed by atoms with van der Waals surface area (Å²) in [6, 6.07) is 0. The summed E-state index contributed by atoms with van der Waals surface area (Å²) in [4.78, 5) is 13.3. The van der Waals surface area contributed by atoms with Gasteiger partial charge in [0.05, 0.1) is 19.0 Å². The molecule has 0 atom stereocenters. The lowest BCUT2D eigenvalue weighted by Gasteiger charge is -2.10. The molecule has 1 heterocycles. The number of nitrogens with zero attached hydrogens (tertiary/aromatic N) is 4. The van der Waals surface area contributed by atoms with Gasteiger partial charge in [-0.15, -0.1) is 5.10 Å². The van der Waals surface area contributed by atoms with Crippen molar-refractivity contribution in [3.63, 3.8) is 0 Å². The number of aromatic nitrogens is 3. The molecule has 82 valence electrons. The molecule has 0 fully saturated rings. The van der Waals surface area contributed by atoms with Crippen molar-refractivity contribution >= 4 is 11.7 Å². The topological polar surface area (TPSA) is 60.2 Å². The van der Waals surface area contributed by atoms with E-state index >= 15 is 0 Å². The molecule has 0 saturated heterocycles. The standard InChI is InChI=1S/C9H14N4O2/c1-4-15-9(14)8(7-12(2)3)13-6-5-10-11-13/h5-7H,4H2,1-3H3/b8-7-. The van der Waals surface area contributed by atoms with E-state index in [-0.39, 0.29) is 0 Å². The van der Waals surface area contributed by atoms with Gasteiger partial charge in [-0.25, -0.2) is 9.48 Å². The lowest BCUT2D eigenvalue weighted by atomic mass is 10.4. The average molecular weight is 210 g/mol. The molecule has 1 aromatic heterocycles. The zero-order valence-corrected chi connectivity index (χ0v) is 9.04. The first-order valence-corrected chi connectivity index (χ1v) is 4.57. The van der Waals surface area contributed by atoms with Crippen molar-refractivity contribution in [3.8, 4) is 0 Å². The first-order valence-electron chi connectivity index (χ1n) is 4.57. The molecule has 0 spiro atoms. The summed E-state index contributed by atoms with van der Waals surface area (Å²) in [7, 11) is 3.63. The number of carbonyl (C=O) groups is 1. The number of rotatable bonds is 4. The van der Waals surface area contributed by atoms with Crippen molar-refractivity contribution in [2.24, 2.45) is 0 Å². The molecule has 0 aliphatic rings. The van der Waals surface area contributed by atoms with Gasteiger partial charge in [-0.1, -0.05) is 5.21 Å². The molecular weight excluding hydrogens is 196 g/mol. The van der Waals surface area contributed by atoms with Crippen molar-refractivity contribution in [3.05, 3.63) is 18.6 Å². The van der Waals surface area contributed by atoms with Gasteiger partial charge in [0, 0.05) is 20.3 Å². The van der Waals surface area contributed by atoms with Gasteiger partial charge in [-0.3, -0.25) is 0 Å². The number of carbonyl (C=O) groups excluding carboxylic acids is 1. The lowest BCUT2D eigenvalue weighted by Crippen LogP contribution is -2.16. The highest BCUT2D eigenvalue weighted by Crippen LogP contribution is 2.05. The Morgan fingerprint density at radius 1 is 1.60 bits per heavy atom. The molecule has 6 heteroatoms. The van der Waals surface area contributed by atoms with Gasteiger partial charge in [0.1, 0.15) is 0 Å². The van der Waals surface area contributed by atoms with Crippen LogP contribution >= 0.6 is 0 Å². The van der Waals surface area contributed by atoms with Gasteiger partial charge in [-0.05, 0) is 6.92 Å². The summed E-state index contributed by atoms with van der Waals surface area (Å²) in [5.74, 6) is -0.420. The molecule has 0 amide bonds. The quantitative estimate of drug-likeness (QED) is 0.525. The van der Waals surface area contributed by atoms with Crippen molar-refractivity contribution < 1.29 is 9.53 Å². The molecule has 0 aromatic carbocycles. The molecule has 0 unspecified atom stereocenters. The maximum Gasteiger partial charge on any atom is 0.358 e. The maximum atomic E-state index is 11.6. The summed E-state index contributed by atoms with van der Waals surface area (Å²) in [5.41, 5.74) is 0.333. The fraction of sp³-hybridized carbons (Fsp3) is 0.444. The zero-order chi connectivity index (χ0) is 11.3. The Hall–Kier alpha value is -1.85. The van der Waals surface area contributed by atoms with E-state index < -0.39 is 5.97 Å². The van der Waals surface area contributed by atoms with Crippen molar-refractivity contribution in [1.29, 1.82) is 0 Å². The van der Waals surface area contributed by atoms with Crippen molar-refractivity contribution in [1.82, 2.24) is 19.9 Å². The Morgan fingerprint density at radius 3 is 2.80 bits per heavy atom. The number of esters is 1. The average Bonchev–Trinajstić information content (AvgIpc) is 2.66. The number of hydrogen-bond acceptors (Lipinski definition) is 5. The second-order valence-corrected chi connectivity index (χ2v) is 3.05. The van der Waals surface area contributed by atoms with E-state index in [0.29, 0.717) is 12.3 Å². The largest absolute Gasteiger partial charge is 0.461 e. The molecule has 0 bridgehead atoms. The third kappa shape index (κ3) is 3.08. The van der Waals surface area contributed by atoms with Crippen molar-refractivity contribution in [2.45, 2.75) is 6.92 Å². The summed E-state index contributed by atoms with van der Waals surface area (Å²) >= 11 is 0. The molecule has 1 aromatic rings. The summed E-state index contributed by atoms with van der Waals surface area (Å²) < 4.78 is 6.28. The van der Waals surface area contributed by atoms with Crippen LogP contribution in [0.2, 0.25) is 0 Å². The van der Waals surface area contributed by atoms with Crippen LogP contribution in [0.15, 0.2) is 18.6 Å². The summed E-state index contributed by atoms with van der Waals surface area (Å²) in [6.07, 6.45) is 4.72. The van der Waals surface area contributed by atoms with E-state index in [1.807, 2.05) is 14.1 Å². The molecular formula is C9H14N4O2. The molecule has 0 N–H and O–H groups in total. The Labute approximate surface area is 88.1 Å². The zero-order valence-electron chi connectivity index (χ0n) is 9.04. The van der Waals surface area contributed by atoms with Gasteiger partial charge in [-0.2, -0.15) is 0 Å². The Balaban J connectivity index is 2.94. The van der Waals surface area contributed by atoms with E-state index in [9.17, 15) is 4.79 Å². The second kappa shape index (κ2) is 5.14. The first kappa shape index (κ1) is 11.2. The van der Waals surface area contributed by atoms with Crippen LogP contribution in [0.5, 0.6) is 0 Å².